The van der Waals surface area contributed by atoms with Crippen molar-refractivity contribution in [1.82, 2.24) is 4.90 Å². The molecule has 100 valence electrons. The molecule has 0 aromatic carbocycles. The van der Waals surface area contributed by atoms with Crippen molar-refractivity contribution in [2.75, 3.05) is 13.1 Å². The number of amides is 1. The lowest BCUT2D eigenvalue weighted by molar-refractivity contribution is 0.0228. The number of likely N-dealkylation sites (N-methyl/N-ethyl adjacent to an activating group) is 1. The second-order valence-electron chi connectivity index (χ2n) is 5.87. The van der Waals surface area contributed by atoms with Crippen molar-refractivity contribution < 1.29 is 9.53 Å². The predicted octanol–water partition coefficient (Wildman–Crippen LogP) is 2.37. The molecule has 1 unspecified atom stereocenters. The van der Waals surface area contributed by atoms with Gasteiger partial charge in [-0.05, 0) is 46.5 Å². The van der Waals surface area contributed by atoms with E-state index in [4.69, 9.17) is 10.5 Å². The van der Waals surface area contributed by atoms with E-state index >= 15 is 0 Å². The van der Waals surface area contributed by atoms with Crippen LogP contribution < -0.4 is 5.73 Å². The van der Waals surface area contributed by atoms with Gasteiger partial charge in [-0.3, -0.25) is 0 Å². The fourth-order valence-electron chi connectivity index (χ4n) is 1.93. The van der Waals surface area contributed by atoms with Gasteiger partial charge in [-0.15, -0.1) is 0 Å². The van der Waals surface area contributed by atoms with E-state index < -0.39 is 5.60 Å². The van der Waals surface area contributed by atoms with Crippen LogP contribution in [-0.2, 0) is 4.74 Å². The molecule has 1 saturated carbocycles. The predicted molar refractivity (Wildman–Crippen MR) is 68.8 cm³/mol. The molecule has 0 bridgehead atoms. The number of carbonyl (C=O) groups is 1. The Morgan fingerprint density at radius 3 is 2.41 bits per heavy atom. The molecule has 1 rings (SSSR count). The Bertz CT molecular complexity index is 257. The SMILES string of the molecule is CCN(CC(N)C1CCC1)C(=O)OC(C)(C)C. The van der Waals surface area contributed by atoms with Crippen molar-refractivity contribution in [3.8, 4) is 0 Å². The van der Waals surface area contributed by atoms with Crippen molar-refractivity contribution >= 4 is 6.09 Å². The minimum atomic E-state index is -0.439. The molecule has 0 saturated heterocycles. The average molecular weight is 242 g/mol. The van der Waals surface area contributed by atoms with Gasteiger partial charge in [0.25, 0.3) is 0 Å². The highest BCUT2D eigenvalue weighted by Crippen LogP contribution is 2.29. The number of hydrogen-bond donors (Lipinski definition) is 1. The Balaban J connectivity index is 2.43. The van der Waals surface area contributed by atoms with E-state index in [9.17, 15) is 4.79 Å². The molecular weight excluding hydrogens is 216 g/mol. The molecule has 1 atom stereocenters. The quantitative estimate of drug-likeness (QED) is 0.823. The molecule has 0 aliphatic heterocycles. The fraction of sp³-hybridized carbons (Fsp3) is 0.923. The molecule has 0 aromatic heterocycles. The molecule has 4 nitrogen and oxygen atoms in total. The third-order valence-electron chi connectivity index (χ3n) is 3.22. The maximum atomic E-state index is 11.9. The first-order chi connectivity index (χ1) is 7.83. The summed E-state index contributed by atoms with van der Waals surface area (Å²) in [5.74, 6) is 0.589. The smallest absolute Gasteiger partial charge is 0.410 e. The first kappa shape index (κ1) is 14.3. The normalized spacial score (nSPS) is 18.4. The van der Waals surface area contributed by atoms with Gasteiger partial charge in [0.05, 0.1) is 0 Å². The van der Waals surface area contributed by atoms with Gasteiger partial charge in [0.1, 0.15) is 5.60 Å². The largest absolute Gasteiger partial charge is 0.444 e. The number of rotatable bonds is 4. The van der Waals surface area contributed by atoms with Crippen molar-refractivity contribution in [3.63, 3.8) is 0 Å². The monoisotopic (exact) mass is 242 g/mol. The number of carbonyl (C=O) groups excluding carboxylic acids is 1. The first-order valence-corrected chi connectivity index (χ1v) is 6.57. The lowest BCUT2D eigenvalue weighted by Gasteiger charge is -2.35. The Hall–Kier alpha value is -0.770. The van der Waals surface area contributed by atoms with Crippen LogP contribution in [0.3, 0.4) is 0 Å². The van der Waals surface area contributed by atoms with Crippen LogP contribution in [0.1, 0.15) is 47.0 Å². The zero-order valence-corrected chi connectivity index (χ0v) is 11.5. The van der Waals surface area contributed by atoms with Crippen molar-refractivity contribution in [2.24, 2.45) is 11.7 Å². The average Bonchev–Trinajstić information content (AvgIpc) is 2.07. The summed E-state index contributed by atoms with van der Waals surface area (Å²) in [6.07, 6.45) is 3.42. The van der Waals surface area contributed by atoms with Crippen LogP contribution in [0.4, 0.5) is 4.79 Å². The zero-order valence-electron chi connectivity index (χ0n) is 11.5. The van der Waals surface area contributed by atoms with E-state index in [1.165, 1.54) is 19.3 Å². The van der Waals surface area contributed by atoms with Gasteiger partial charge in [-0.25, -0.2) is 4.79 Å². The molecule has 2 N–H and O–H groups in total. The lowest BCUT2D eigenvalue weighted by Crippen LogP contribution is -2.47. The molecule has 0 radical (unpaired) electrons. The van der Waals surface area contributed by atoms with E-state index in [1.54, 1.807) is 4.90 Å². The fourth-order valence-corrected chi connectivity index (χ4v) is 1.93. The molecule has 0 heterocycles. The van der Waals surface area contributed by atoms with Crippen LogP contribution in [0.2, 0.25) is 0 Å². The Morgan fingerprint density at radius 2 is 2.06 bits per heavy atom. The van der Waals surface area contributed by atoms with Crippen LogP contribution in [0, 0.1) is 5.92 Å². The summed E-state index contributed by atoms with van der Waals surface area (Å²) in [4.78, 5) is 13.6. The summed E-state index contributed by atoms with van der Waals surface area (Å²) >= 11 is 0. The van der Waals surface area contributed by atoms with Crippen LogP contribution in [0.25, 0.3) is 0 Å². The highest BCUT2D eigenvalue weighted by molar-refractivity contribution is 5.68. The van der Waals surface area contributed by atoms with Gasteiger partial charge >= 0.3 is 6.09 Å². The summed E-state index contributed by atoms with van der Waals surface area (Å²) in [5.41, 5.74) is 5.67. The molecule has 0 spiro atoms. The summed E-state index contributed by atoms with van der Waals surface area (Å²) in [6, 6.07) is 0.0937. The Labute approximate surface area is 104 Å². The summed E-state index contributed by atoms with van der Waals surface area (Å²) < 4.78 is 5.35. The second-order valence-corrected chi connectivity index (χ2v) is 5.87. The minimum Gasteiger partial charge on any atom is -0.444 e. The number of nitrogens with two attached hydrogens (primary N) is 1. The van der Waals surface area contributed by atoms with Gasteiger partial charge < -0.3 is 15.4 Å². The minimum absolute atomic E-state index is 0.0937. The van der Waals surface area contributed by atoms with E-state index in [0.717, 1.165) is 0 Å². The summed E-state index contributed by atoms with van der Waals surface area (Å²) in [6.45, 7) is 8.85. The topological polar surface area (TPSA) is 55.6 Å². The van der Waals surface area contributed by atoms with Gasteiger partial charge in [-0.1, -0.05) is 6.42 Å². The van der Waals surface area contributed by atoms with Crippen molar-refractivity contribution in [2.45, 2.75) is 58.6 Å². The Kier molecular flexibility index (Phi) is 4.80. The van der Waals surface area contributed by atoms with E-state index in [1.807, 2.05) is 27.7 Å². The lowest BCUT2D eigenvalue weighted by atomic mass is 9.80. The number of hydrogen-bond acceptors (Lipinski definition) is 3. The van der Waals surface area contributed by atoms with E-state index in [2.05, 4.69) is 0 Å². The first-order valence-electron chi connectivity index (χ1n) is 6.57. The van der Waals surface area contributed by atoms with Crippen molar-refractivity contribution in [1.29, 1.82) is 0 Å². The Morgan fingerprint density at radius 1 is 1.47 bits per heavy atom. The zero-order chi connectivity index (χ0) is 13.1. The van der Waals surface area contributed by atoms with E-state index in [-0.39, 0.29) is 12.1 Å². The van der Waals surface area contributed by atoms with Gasteiger partial charge in [0.2, 0.25) is 0 Å². The molecule has 4 heteroatoms. The van der Waals surface area contributed by atoms with Gasteiger partial charge in [0.15, 0.2) is 0 Å². The van der Waals surface area contributed by atoms with Crippen LogP contribution in [-0.4, -0.2) is 35.7 Å². The molecule has 1 aliphatic carbocycles. The van der Waals surface area contributed by atoms with Crippen LogP contribution in [0.5, 0.6) is 0 Å². The van der Waals surface area contributed by atoms with Crippen molar-refractivity contribution in [3.05, 3.63) is 0 Å². The summed E-state index contributed by atoms with van der Waals surface area (Å²) in [5, 5.41) is 0. The molecule has 17 heavy (non-hydrogen) atoms. The third-order valence-corrected chi connectivity index (χ3v) is 3.22. The summed E-state index contributed by atoms with van der Waals surface area (Å²) in [7, 11) is 0. The highest BCUT2D eigenvalue weighted by atomic mass is 16.6. The van der Waals surface area contributed by atoms with Gasteiger partial charge in [0, 0.05) is 19.1 Å². The van der Waals surface area contributed by atoms with E-state index in [0.29, 0.717) is 19.0 Å². The molecule has 1 fully saturated rings. The molecule has 1 aliphatic rings. The second kappa shape index (κ2) is 5.71. The standard InChI is InChI=1S/C13H26N2O2/c1-5-15(12(16)17-13(2,3)4)9-11(14)10-7-6-8-10/h10-11H,5-9,14H2,1-4H3. The number of ether oxygens (including phenoxy) is 1. The molecular formula is C13H26N2O2. The van der Waals surface area contributed by atoms with Crippen LogP contribution in [0.15, 0.2) is 0 Å². The van der Waals surface area contributed by atoms with Crippen LogP contribution >= 0.6 is 0 Å². The highest BCUT2D eigenvalue weighted by Gasteiger charge is 2.28. The maximum Gasteiger partial charge on any atom is 0.410 e. The maximum absolute atomic E-state index is 11.9. The van der Waals surface area contributed by atoms with Gasteiger partial charge in [-0.2, -0.15) is 0 Å². The third kappa shape index (κ3) is 4.54. The molecule has 0 aromatic rings. The number of nitrogens with zero attached hydrogens (tertiary/aromatic N) is 1. The molecule has 1 amide bonds.